The molecule has 0 amide bonds. The molecule has 0 spiro atoms. The van der Waals surface area contributed by atoms with Crippen LogP contribution < -0.4 is 0 Å². The lowest BCUT2D eigenvalue weighted by atomic mass is 10.1. The first-order valence-electron chi connectivity index (χ1n) is 4.70. The molecule has 0 fully saturated rings. The Labute approximate surface area is 94.5 Å². The normalized spacial score (nSPS) is 13.6. The van der Waals surface area contributed by atoms with Crippen LogP contribution in [-0.4, -0.2) is 28.5 Å². The molecule has 0 aliphatic carbocycles. The van der Waals surface area contributed by atoms with Crippen LogP contribution in [0.5, 0.6) is 0 Å². The van der Waals surface area contributed by atoms with Crippen LogP contribution >= 0.6 is 7.82 Å². The summed E-state index contributed by atoms with van der Waals surface area (Å²) >= 11 is 0. The standard InChI is InChI=1S/C9H17O6P/c1-6(2)8(5-14-16(11,12)13)15-9(10)7(3)4/h6,8H,3,5H2,1-2,4H3,(H2,11,12,13). The van der Waals surface area contributed by atoms with Gasteiger partial charge in [0.05, 0.1) is 6.61 Å². The minimum Gasteiger partial charge on any atom is -0.456 e. The average molecular weight is 252 g/mol. The van der Waals surface area contributed by atoms with Gasteiger partial charge in [0.15, 0.2) is 0 Å². The summed E-state index contributed by atoms with van der Waals surface area (Å²) in [6, 6.07) is 0. The Bertz CT molecular complexity index is 305. The zero-order valence-corrected chi connectivity index (χ0v) is 10.4. The second-order valence-electron chi connectivity index (χ2n) is 3.75. The molecule has 0 saturated heterocycles. The van der Waals surface area contributed by atoms with E-state index in [0.717, 1.165) is 0 Å². The van der Waals surface area contributed by atoms with Crippen LogP contribution in [0.15, 0.2) is 12.2 Å². The average Bonchev–Trinajstić information content (AvgIpc) is 2.09. The van der Waals surface area contributed by atoms with E-state index in [0.29, 0.717) is 0 Å². The van der Waals surface area contributed by atoms with Crippen molar-refractivity contribution in [3.05, 3.63) is 12.2 Å². The predicted octanol–water partition coefficient (Wildman–Crippen LogP) is 1.24. The van der Waals surface area contributed by atoms with Gasteiger partial charge < -0.3 is 14.5 Å². The minimum absolute atomic E-state index is 0.116. The summed E-state index contributed by atoms with van der Waals surface area (Å²) in [5.74, 6) is -0.720. The lowest BCUT2D eigenvalue weighted by Crippen LogP contribution is -2.28. The molecule has 94 valence electrons. The molecule has 1 atom stereocenters. The van der Waals surface area contributed by atoms with Crippen LogP contribution in [0.1, 0.15) is 20.8 Å². The van der Waals surface area contributed by atoms with Gasteiger partial charge in [0.25, 0.3) is 0 Å². The zero-order chi connectivity index (χ0) is 12.9. The molecule has 0 bridgehead atoms. The van der Waals surface area contributed by atoms with Crippen molar-refractivity contribution >= 4 is 13.8 Å². The van der Waals surface area contributed by atoms with Crippen LogP contribution in [0.3, 0.4) is 0 Å². The number of phosphoric ester groups is 1. The summed E-state index contributed by atoms with van der Waals surface area (Å²) in [6.07, 6.45) is -0.711. The van der Waals surface area contributed by atoms with Gasteiger partial charge in [0, 0.05) is 5.57 Å². The van der Waals surface area contributed by atoms with Gasteiger partial charge in [-0.3, -0.25) is 4.52 Å². The third kappa shape index (κ3) is 6.74. The first-order valence-corrected chi connectivity index (χ1v) is 6.23. The van der Waals surface area contributed by atoms with Gasteiger partial charge in [0.1, 0.15) is 6.10 Å². The van der Waals surface area contributed by atoms with Crippen molar-refractivity contribution in [2.45, 2.75) is 26.9 Å². The van der Waals surface area contributed by atoms with Crippen molar-refractivity contribution in [3.8, 4) is 0 Å². The van der Waals surface area contributed by atoms with Gasteiger partial charge in [-0.25, -0.2) is 9.36 Å². The van der Waals surface area contributed by atoms with Crippen molar-refractivity contribution < 1.29 is 28.4 Å². The summed E-state index contributed by atoms with van der Waals surface area (Å²) in [4.78, 5) is 28.3. The number of phosphoric acid groups is 1. The molecule has 2 N–H and O–H groups in total. The fourth-order valence-corrected chi connectivity index (χ4v) is 1.11. The van der Waals surface area contributed by atoms with Crippen molar-refractivity contribution in [3.63, 3.8) is 0 Å². The molecular formula is C9H17O6P. The third-order valence-corrected chi connectivity index (χ3v) is 2.24. The molecule has 0 aromatic carbocycles. The first-order chi connectivity index (χ1) is 7.13. The SMILES string of the molecule is C=C(C)C(=O)OC(COP(=O)(O)O)C(C)C. The zero-order valence-electron chi connectivity index (χ0n) is 9.54. The maximum atomic E-state index is 11.2. The molecule has 1 unspecified atom stereocenters. The minimum atomic E-state index is -4.54. The largest absolute Gasteiger partial charge is 0.469 e. The molecule has 6 nitrogen and oxygen atoms in total. The molecule has 0 aliphatic rings. The molecule has 0 saturated carbocycles. The second-order valence-corrected chi connectivity index (χ2v) is 4.99. The third-order valence-electron chi connectivity index (χ3n) is 1.76. The monoisotopic (exact) mass is 252 g/mol. The summed E-state index contributed by atoms with van der Waals surface area (Å²) in [5, 5.41) is 0. The molecular weight excluding hydrogens is 235 g/mol. The van der Waals surface area contributed by atoms with Crippen molar-refractivity contribution in [2.24, 2.45) is 5.92 Å². The fourth-order valence-electron chi connectivity index (χ4n) is 0.771. The lowest BCUT2D eigenvalue weighted by molar-refractivity contribution is -0.148. The quantitative estimate of drug-likeness (QED) is 0.419. The van der Waals surface area contributed by atoms with E-state index in [1.54, 1.807) is 13.8 Å². The van der Waals surface area contributed by atoms with Gasteiger partial charge in [-0.15, -0.1) is 0 Å². The summed E-state index contributed by atoms with van der Waals surface area (Å²) < 4.78 is 19.7. The first kappa shape index (κ1) is 15.3. The second kappa shape index (κ2) is 6.15. The Hall–Kier alpha value is -0.680. The Morgan fingerprint density at radius 3 is 2.25 bits per heavy atom. The number of hydrogen-bond acceptors (Lipinski definition) is 4. The highest BCUT2D eigenvalue weighted by Crippen LogP contribution is 2.36. The van der Waals surface area contributed by atoms with Crippen molar-refractivity contribution in [2.75, 3.05) is 6.61 Å². The molecule has 0 aromatic rings. The Balaban J connectivity index is 4.35. The van der Waals surface area contributed by atoms with Gasteiger partial charge in [-0.1, -0.05) is 20.4 Å². The van der Waals surface area contributed by atoms with Crippen molar-refractivity contribution in [1.29, 1.82) is 0 Å². The summed E-state index contributed by atoms with van der Waals surface area (Å²) in [6.45, 7) is 8.05. The highest BCUT2D eigenvalue weighted by Gasteiger charge is 2.23. The van der Waals surface area contributed by atoms with E-state index in [-0.39, 0.29) is 18.1 Å². The maximum absolute atomic E-state index is 11.2. The predicted molar refractivity (Wildman–Crippen MR) is 57.5 cm³/mol. The molecule has 0 radical (unpaired) electrons. The number of carbonyl (C=O) groups excluding carboxylic acids is 1. The Morgan fingerprint density at radius 2 is 1.94 bits per heavy atom. The van der Waals surface area contributed by atoms with Crippen LogP contribution in [0.2, 0.25) is 0 Å². The lowest BCUT2D eigenvalue weighted by Gasteiger charge is -2.21. The topological polar surface area (TPSA) is 93.1 Å². The number of ether oxygens (including phenoxy) is 1. The molecule has 0 heterocycles. The molecule has 7 heteroatoms. The van der Waals surface area contributed by atoms with Gasteiger partial charge in [0.2, 0.25) is 0 Å². The van der Waals surface area contributed by atoms with Crippen LogP contribution in [0.4, 0.5) is 0 Å². The molecule has 0 aliphatic heterocycles. The Kier molecular flexibility index (Phi) is 5.89. The number of carbonyl (C=O) groups is 1. The van der Waals surface area contributed by atoms with E-state index in [1.807, 2.05) is 0 Å². The van der Waals surface area contributed by atoms with E-state index in [2.05, 4.69) is 11.1 Å². The Morgan fingerprint density at radius 1 is 1.44 bits per heavy atom. The molecule has 0 aromatic heterocycles. The van der Waals surface area contributed by atoms with Gasteiger partial charge >= 0.3 is 13.8 Å². The van der Waals surface area contributed by atoms with E-state index in [1.165, 1.54) is 6.92 Å². The van der Waals surface area contributed by atoms with Crippen LogP contribution in [0.25, 0.3) is 0 Å². The van der Waals surface area contributed by atoms with E-state index >= 15 is 0 Å². The summed E-state index contributed by atoms with van der Waals surface area (Å²) in [7, 11) is -4.54. The van der Waals surface area contributed by atoms with E-state index < -0.39 is 19.9 Å². The highest BCUT2D eigenvalue weighted by molar-refractivity contribution is 7.46. The molecule has 16 heavy (non-hydrogen) atoms. The van der Waals surface area contributed by atoms with E-state index in [9.17, 15) is 9.36 Å². The van der Waals surface area contributed by atoms with Gasteiger partial charge in [-0.2, -0.15) is 0 Å². The maximum Gasteiger partial charge on any atom is 0.469 e. The highest BCUT2D eigenvalue weighted by atomic mass is 31.2. The number of hydrogen-bond donors (Lipinski definition) is 2. The smallest absolute Gasteiger partial charge is 0.456 e. The molecule has 0 rings (SSSR count). The van der Waals surface area contributed by atoms with Gasteiger partial charge in [-0.05, 0) is 12.8 Å². The number of rotatable bonds is 6. The van der Waals surface area contributed by atoms with Crippen molar-refractivity contribution in [1.82, 2.24) is 0 Å². The summed E-state index contributed by atoms with van der Waals surface area (Å²) in [5.41, 5.74) is 0.224. The van der Waals surface area contributed by atoms with Crippen LogP contribution in [0, 0.1) is 5.92 Å². The fraction of sp³-hybridized carbons (Fsp3) is 0.667. The van der Waals surface area contributed by atoms with E-state index in [4.69, 9.17) is 14.5 Å². The van der Waals surface area contributed by atoms with Crippen LogP contribution in [-0.2, 0) is 18.6 Å². The number of esters is 1.